The van der Waals surface area contributed by atoms with Crippen molar-refractivity contribution in [3.05, 3.63) is 58.6 Å². The standard InChI is InChI=1S/C16H14ClF2NO3/c1-9(21)16(22)20-8-10-6-11(18)2-5-15(10)23-12-3-4-14(19)13(17)7-12/h2-7,9,21H,8H2,1H3,(H,20,22). The Hall–Kier alpha value is -2.18. The number of benzene rings is 2. The summed E-state index contributed by atoms with van der Waals surface area (Å²) in [5, 5.41) is 11.5. The van der Waals surface area contributed by atoms with E-state index in [2.05, 4.69) is 5.32 Å². The molecule has 0 radical (unpaired) electrons. The summed E-state index contributed by atoms with van der Waals surface area (Å²) in [6.07, 6.45) is -1.18. The zero-order valence-electron chi connectivity index (χ0n) is 12.1. The Morgan fingerprint density at radius 1 is 1.30 bits per heavy atom. The molecule has 2 rings (SSSR count). The molecule has 7 heteroatoms. The van der Waals surface area contributed by atoms with Crippen LogP contribution in [-0.2, 0) is 11.3 Å². The van der Waals surface area contributed by atoms with Crippen LogP contribution in [0.4, 0.5) is 8.78 Å². The van der Waals surface area contributed by atoms with Gasteiger partial charge in [0.25, 0.3) is 0 Å². The molecule has 1 amide bonds. The van der Waals surface area contributed by atoms with Crippen LogP contribution >= 0.6 is 11.6 Å². The average Bonchev–Trinajstić information content (AvgIpc) is 2.50. The Balaban J connectivity index is 2.20. The summed E-state index contributed by atoms with van der Waals surface area (Å²) >= 11 is 5.68. The number of hydrogen-bond acceptors (Lipinski definition) is 3. The number of ether oxygens (including phenoxy) is 1. The van der Waals surface area contributed by atoms with Crippen molar-refractivity contribution in [3.8, 4) is 11.5 Å². The Bertz CT molecular complexity index is 722. The minimum absolute atomic E-state index is 0.0360. The minimum Gasteiger partial charge on any atom is -0.457 e. The number of rotatable bonds is 5. The van der Waals surface area contributed by atoms with E-state index in [-0.39, 0.29) is 23.1 Å². The van der Waals surface area contributed by atoms with E-state index in [1.54, 1.807) is 0 Å². The first-order chi connectivity index (χ1) is 10.9. The van der Waals surface area contributed by atoms with E-state index in [0.29, 0.717) is 5.56 Å². The maximum atomic E-state index is 13.4. The van der Waals surface area contributed by atoms with Crippen LogP contribution in [0.25, 0.3) is 0 Å². The highest BCUT2D eigenvalue weighted by Gasteiger charge is 2.12. The molecule has 0 fully saturated rings. The van der Waals surface area contributed by atoms with Crippen molar-refractivity contribution in [1.29, 1.82) is 0 Å². The molecule has 0 aliphatic carbocycles. The zero-order chi connectivity index (χ0) is 17.0. The quantitative estimate of drug-likeness (QED) is 0.876. The molecular formula is C16H14ClF2NO3. The third-order valence-corrected chi connectivity index (χ3v) is 3.26. The second kappa shape index (κ2) is 7.39. The third kappa shape index (κ3) is 4.64. The summed E-state index contributed by atoms with van der Waals surface area (Å²) in [7, 11) is 0. The van der Waals surface area contributed by atoms with Crippen LogP contribution in [0.1, 0.15) is 12.5 Å². The summed E-state index contributed by atoms with van der Waals surface area (Å²) in [4.78, 5) is 11.4. The number of carbonyl (C=O) groups excluding carboxylic acids is 1. The maximum absolute atomic E-state index is 13.4. The van der Waals surface area contributed by atoms with Crippen LogP contribution in [0.2, 0.25) is 5.02 Å². The number of aliphatic hydroxyl groups is 1. The van der Waals surface area contributed by atoms with Gasteiger partial charge in [-0.15, -0.1) is 0 Å². The fourth-order valence-corrected chi connectivity index (χ4v) is 1.95. The molecule has 4 nitrogen and oxygen atoms in total. The van der Waals surface area contributed by atoms with Gasteiger partial charge in [0.15, 0.2) is 0 Å². The zero-order valence-corrected chi connectivity index (χ0v) is 12.9. The molecule has 23 heavy (non-hydrogen) atoms. The van der Waals surface area contributed by atoms with Crippen LogP contribution < -0.4 is 10.1 Å². The molecular weight excluding hydrogens is 328 g/mol. The van der Waals surface area contributed by atoms with Gasteiger partial charge >= 0.3 is 0 Å². The summed E-state index contributed by atoms with van der Waals surface area (Å²) in [5.41, 5.74) is 0.361. The van der Waals surface area contributed by atoms with Crippen LogP contribution in [0, 0.1) is 11.6 Å². The molecule has 2 aromatic carbocycles. The van der Waals surface area contributed by atoms with Gasteiger partial charge in [0.1, 0.15) is 29.2 Å². The lowest BCUT2D eigenvalue weighted by Gasteiger charge is -2.13. The molecule has 0 saturated carbocycles. The van der Waals surface area contributed by atoms with Crippen LogP contribution in [0.15, 0.2) is 36.4 Å². The minimum atomic E-state index is -1.18. The topological polar surface area (TPSA) is 58.6 Å². The van der Waals surface area contributed by atoms with Gasteiger partial charge in [-0.1, -0.05) is 11.6 Å². The maximum Gasteiger partial charge on any atom is 0.248 e. The molecule has 1 atom stereocenters. The molecule has 2 N–H and O–H groups in total. The highest BCUT2D eigenvalue weighted by Crippen LogP contribution is 2.29. The first-order valence-corrected chi connectivity index (χ1v) is 7.11. The highest BCUT2D eigenvalue weighted by atomic mass is 35.5. The highest BCUT2D eigenvalue weighted by molar-refractivity contribution is 6.30. The van der Waals surface area contributed by atoms with Crippen molar-refractivity contribution in [2.45, 2.75) is 19.6 Å². The molecule has 0 aromatic heterocycles. The number of halogens is 3. The lowest BCUT2D eigenvalue weighted by Crippen LogP contribution is -2.32. The van der Waals surface area contributed by atoms with Crippen molar-refractivity contribution in [1.82, 2.24) is 5.32 Å². The SMILES string of the molecule is CC(O)C(=O)NCc1cc(F)ccc1Oc1ccc(F)c(Cl)c1. The molecule has 0 saturated heterocycles. The van der Waals surface area contributed by atoms with Gasteiger partial charge in [-0.25, -0.2) is 8.78 Å². The lowest BCUT2D eigenvalue weighted by molar-refractivity contribution is -0.128. The molecule has 1 unspecified atom stereocenters. The van der Waals surface area contributed by atoms with Gasteiger partial charge in [0.05, 0.1) is 5.02 Å². The monoisotopic (exact) mass is 341 g/mol. The first kappa shape index (κ1) is 17.2. The molecule has 2 aromatic rings. The predicted molar refractivity (Wildman–Crippen MR) is 81.4 cm³/mol. The smallest absolute Gasteiger partial charge is 0.248 e. The lowest BCUT2D eigenvalue weighted by atomic mass is 10.2. The molecule has 0 bridgehead atoms. The average molecular weight is 342 g/mol. The van der Waals surface area contributed by atoms with Gasteiger partial charge in [-0.3, -0.25) is 4.79 Å². The van der Waals surface area contributed by atoms with E-state index in [0.717, 1.165) is 6.07 Å². The van der Waals surface area contributed by atoms with Crippen LogP contribution in [0.3, 0.4) is 0 Å². The fourth-order valence-electron chi connectivity index (χ4n) is 1.78. The summed E-state index contributed by atoms with van der Waals surface area (Å²) in [6, 6.07) is 7.59. The first-order valence-electron chi connectivity index (χ1n) is 6.74. The van der Waals surface area contributed by atoms with E-state index in [1.165, 1.54) is 37.3 Å². The molecule has 0 aliphatic rings. The largest absolute Gasteiger partial charge is 0.457 e. The summed E-state index contributed by atoms with van der Waals surface area (Å²) in [6.45, 7) is 1.28. The fraction of sp³-hybridized carbons (Fsp3) is 0.188. The third-order valence-electron chi connectivity index (χ3n) is 2.97. The van der Waals surface area contributed by atoms with Crippen molar-refractivity contribution < 1.29 is 23.4 Å². The Kier molecular flexibility index (Phi) is 5.52. The number of amides is 1. The van der Waals surface area contributed by atoms with E-state index >= 15 is 0 Å². The second-order valence-corrected chi connectivity index (χ2v) is 5.23. The number of aliphatic hydroxyl groups excluding tert-OH is 1. The van der Waals surface area contributed by atoms with Crippen molar-refractivity contribution in [2.24, 2.45) is 0 Å². The normalized spacial score (nSPS) is 11.9. The van der Waals surface area contributed by atoms with Crippen molar-refractivity contribution >= 4 is 17.5 Å². The molecule has 0 aliphatic heterocycles. The van der Waals surface area contributed by atoms with Crippen molar-refractivity contribution in [3.63, 3.8) is 0 Å². The summed E-state index contributed by atoms with van der Waals surface area (Å²) < 4.78 is 32.1. The molecule has 0 heterocycles. The second-order valence-electron chi connectivity index (χ2n) is 4.82. The Morgan fingerprint density at radius 3 is 2.70 bits per heavy atom. The van der Waals surface area contributed by atoms with Gasteiger partial charge in [0, 0.05) is 18.2 Å². The molecule has 122 valence electrons. The van der Waals surface area contributed by atoms with Crippen LogP contribution in [0.5, 0.6) is 11.5 Å². The summed E-state index contributed by atoms with van der Waals surface area (Å²) in [5.74, 6) is -1.13. The molecule has 0 spiro atoms. The number of nitrogens with one attached hydrogen (secondary N) is 1. The van der Waals surface area contributed by atoms with Gasteiger partial charge in [0.2, 0.25) is 5.91 Å². The van der Waals surface area contributed by atoms with Crippen LogP contribution in [-0.4, -0.2) is 17.1 Å². The van der Waals surface area contributed by atoms with E-state index in [9.17, 15) is 13.6 Å². The van der Waals surface area contributed by atoms with E-state index in [1.807, 2.05) is 0 Å². The van der Waals surface area contributed by atoms with Gasteiger partial charge in [-0.2, -0.15) is 0 Å². The van der Waals surface area contributed by atoms with Gasteiger partial charge < -0.3 is 15.2 Å². The van der Waals surface area contributed by atoms with Crippen molar-refractivity contribution in [2.75, 3.05) is 0 Å². The Labute approximate surface area is 136 Å². The van der Waals surface area contributed by atoms with Gasteiger partial charge in [-0.05, 0) is 37.3 Å². The van der Waals surface area contributed by atoms with E-state index < -0.39 is 23.6 Å². The van der Waals surface area contributed by atoms with E-state index in [4.69, 9.17) is 21.4 Å². The predicted octanol–water partition coefficient (Wildman–Crippen LogP) is 3.41. The number of hydrogen-bond donors (Lipinski definition) is 2. The Morgan fingerprint density at radius 2 is 2.04 bits per heavy atom. The number of carbonyl (C=O) groups is 1.